The van der Waals surface area contributed by atoms with Crippen LogP contribution in [0.5, 0.6) is 5.75 Å². The second-order valence-electron chi connectivity index (χ2n) is 5.63. The van der Waals surface area contributed by atoms with E-state index in [0.29, 0.717) is 6.54 Å². The van der Waals surface area contributed by atoms with Crippen molar-refractivity contribution in [3.8, 4) is 5.75 Å². The smallest absolute Gasteiger partial charge is 0.243 e. The van der Waals surface area contributed by atoms with E-state index in [1.165, 1.54) is 0 Å². The zero-order valence-electron chi connectivity index (χ0n) is 13.3. The molecule has 1 fully saturated rings. The SMILES string of the molecule is CCN(Cc1ccc(OC)cc1)C(=O)C1(CC)CCCN1. The molecule has 1 unspecified atom stereocenters. The summed E-state index contributed by atoms with van der Waals surface area (Å²) < 4.78 is 5.17. The van der Waals surface area contributed by atoms with Crippen LogP contribution in [0, 0.1) is 0 Å². The van der Waals surface area contributed by atoms with Crippen molar-refractivity contribution < 1.29 is 9.53 Å². The predicted molar refractivity (Wildman–Crippen MR) is 84.3 cm³/mol. The standard InChI is InChI=1S/C17H26N2O2/c1-4-17(11-6-12-18-17)16(20)19(5-2)13-14-7-9-15(21-3)10-8-14/h7-10,18H,4-6,11-13H2,1-3H3. The Kier molecular flexibility index (Phi) is 5.23. The quantitative estimate of drug-likeness (QED) is 0.875. The Balaban J connectivity index is 2.09. The fourth-order valence-corrected chi connectivity index (χ4v) is 3.02. The molecule has 1 aromatic carbocycles. The first-order valence-corrected chi connectivity index (χ1v) is 7.82. The first-order chi connectivity index (χ1) is 10.1. The number of hydrogen-bond donors (Lipinski definition) is 1. The molecule has 1 heterocycles. The van der Waals surface area contributed by atoms with Gasteiger partial charge in [0.25, 0.3) is 0 Å². The van der Waals surface area contributed by atoms with Crippen molar-refractivity contribution >= 4 is 5.91 Å². The highest BCUT2D eigenvalue weighted by Gasteiger charge is 2.41. The van der Waals surface area contributed by atoms with Gasteiger partial charge >= 0.3 is 0 Å². The normalized spacial score (nSPS) is 21.3. The molecule has 21 heavy (non-hydrogen) atoms. The molecule has 116 valence electrons. The molecule has 4 heteroatoms. The number of carbonyl (C=O) groups is 1. The number of hydrogen-bond acceptors (Lipinski definition) is 3. The number of nitrogens with one attached hydrogen (secondary N) is 1. The summed E-state index contributed by atoms with van der Waals surface area (Å²) in [5.41, 5.74) is 0.790. The maximum atomic E-state index is 12.9. The predicted octanol–water partition coefficient (Wildman–Crippen LogP) is 2.58. The number of ether oxygens (including phenoxy) is 1. The van der Waals surface area contributed by atoms with Crippen molar-refractivity contribution in [2.45, 2.75) is 45.2 Å². The molecule has 1 amide bonds. The van der Waals surface area contributed by atoms with Crippen LogP contribution in [-0.4, -0.2) is 36.5 Å². The van der Waals surface area contributed by atoms with Crippen molar-refractivity contribution in [1.82, 2.24) is 10.2 Å². The van der Waals surface area contributed by atoms with E-state index < -0.39 is 0 Å². The van der Waals surface area contributed by atoms with Gasteiger partial charge in [0.2, 0.25) is 5.91 Å². The van der Waals surface area contributed by atoms with Gasteiger partial charge in [-0.05, 0) is 50.4 Å². The number of likely N-dealkylation sites (N-methyl/N-ethyl adjacent to an activating group) is 1. The van der Waals surface area contributed by atoms with Crippen molar-refractivity contribution in [2.75, 3.05) is 20.2 Å². The average molecular weight is 290 g/mol. The van der Waals surface area contributed by atoms with E-state index in [1.807, 2.05) is 36.1 Å². The van der Waals surface area contributed by atoms with E-state index >= 15 is 0 Å². The van der Waals surface area contributed by atoms with Crippen LogP contribution in [0.25, 0.3) is 0 Å². The van der Waals surface area contributed by atoms with Gasteiger partial charge in [-0.2, -0.15) is 0 Å². The minimum absolute atomic E-state index is 0.237. The van der Waals surface area contributed by atoms with Gasteiger partial charge in [0.05, 0.1) is 12.6 Å². The summed E-state index contributed by atoms with van der Waals surface area (Å²) in [6.07, 6.45) is 2.88. The van der Waals surface area contributed by atoms with Gasteiger partial charge in [0.1, 0.15) is 5.75 Å². The second-order valence-corrected chi connectivity index (χ2v) is 5.63. The third kappa shape index (κ3) is 3.38. The lowest BCUT2D eigenvalue weighted by Gasteiger charge is -2.33. The number of carbonyl (C=O) groups excluding carboxylic acids is 1. The first kappa shape index (κ1) is 15.8. The summed E-state index contributed by atoms with van der Waals surface area (Å²) in [5.74, 6) is 1.08. The van der Waals surface area contributed by atoms with E-state index in [4.69, 9.17) is 4.74 Å². The Morgan fingerprint density at radius 3 is 2.52 bits per heavy atom. The molecular formula is C17H26N2O2. The lowest BCUT2D eigenvalue weighted by atomic mass is 9.92. The lowest BCUT2D eigenvalue weighted by Crippen LogP contribution is -2.54. The molecule has 1 saturated heterocycles. The summed E-state index contributed by atoms with van der Waals surface area (Å²) in [6, 6.07) is 7.93. The van der Waals surface area contributed by atoms with E-state index in [0.717, 1.165) is 43.7 Å². The highest BCUT2D eigenvalue weighted by Crippen LogP contribution is 2.26. The molecular weight excluding hydrogens is 264 g/mol. The molecule has 0 radical (unpaired) electrons. The molecule has 2 rings (SSSR count). The summed E-state index contributed by atoms with van der Waals surface area (Å²) >= 11 is 0. The van der Waals surface area contributed by atoms with E-state index in [2.05, 4.69) is 12.2 Å². The van der Waals surface area contributed by atoms with Crippen LogP contribution in [0.2, 0.25) is 0 Å². The van der Waals surface area contributed by atoms with Crippen LogP contribution in [-0.2, 0) is 11.3 Å². The molecule has 0 aliphatic carbocycles. The summed E-state index contributed by atoms with van der Waals surface area (Å²) in [7, 11) is 1.66. The van der Waals surface area contributed by atoms with Crippen molar-refractivity contribution in [3.63, 3.8) is 0 Å². The summed E-state index contributed by atoms with van der Waals surface area (Å²) in [5, 5.41) is 3.43. The van der Waals surface area contributed by atoms with Gasteiger partial charge in [-0.1, -0.05) is 19.1 Å². The van der Waals surface area contributed by atoms with Crippen LogP contribution in [0.3, 0.4) is 0 Å². The molecule has 0 saturated carbocycles. The lowest BCUT2D eigenvalue weighted by molar-refractivity contribution is -0.138. The molecule has 1 aromatic rings. The van der Waals surface area contributed by atoms with Gasteiger partial charge in [-0.15, -0.1) is 0 Å². The van der Waals surface area contributed by atoms with Crippen molar-refractivity contribution in [1.29, 1.82) is 0 Å². The van der Waals surface area contributed by atoms with Crippen LogP contribution >= 0.6 is 0 Å². The number of rotatable bonds is 6. The Hall–Kier alpha value is -1.55. The van der Waals surface area contributed by atoms with Gasteiger partial charge in [0, 0.05) is 13.1 Å². The molecule has 0 aromatic heterocycles. The van der Waals surface area contributed by atoms with Gasteiger partial charge in [-0.3, -0.25) is 4.79 Å². The number of amides is 1. The average Bonchev–Trinajstić information content (AvgIpc) is 3.02. The van der Waals surface area contributed by atoms with E-state index in [-0.39, 0.29) is 11.4 Å². The van der Waals surface area contributed by atoms with E-state index in [1.54, 1.807) is 7.11 Å². The van der Waals surface area contributed by atoms with Crippen LogP contribution in [0.4, 0.5) is 0 Å². The maximum Gasteiger partial charge on any atom is 0.243 e. The third-order valence-electron chi connectivity index (χ3n) is 4.46. The zero-order valence-corrected chi connectivity index (χ0v) is 13.3. The highest BCUT2D eigenvalue weighted by molar-refractivity contribution is 5.86. The van der Waals surface area contributed by atoms with Crippen LogP contribution < -0.4 is 10.1 Å². The monoisotopic (exact) mass is 290 g/mol. The fourth-order valence-electron chi connectivity index (χ4n) is 3.02. The Bertz CT molecular complexity index is 464. The van der Waals surface area contributed by atoms with E-state index in [9.17, 15) is 4.79 Å². The Labute approximate surface area is 127 Å². The minimum Gasteiger partial charge on any atom is -0.497 e. The third-order valence-corrected chi connectivity index (χ3v) is 4.46. The summed E-state index contributed by atoms with van der Waals surface area (Å²) in [6.45, 7) is 6.47. The first-order valence-electron chi connectivity index (χ1n) is 7.82. The molecule has 1 aliphatic heterocycles. The molecule has 0 spiro atoms. The molecule has 1 atom stereocenters. The fraction of sp³-hybridized carbons (Fsp3) is 0.588. The largest absolute Gasteiger partial charge is 0.497 e. The van der Waals surface area contributed by atoms with Gasteiger partial charge in [-0.25, -0.2) is 0 Å². The van der Waals surface area contributed by atoms with Gasteiger partial charge in [0.15, 0.2) is 0 Å². The van der Waals surface area contributed by atoms with Crippen LogP contribution in [0.15, 0.2) is 24.3 Å². The molecule has 1 N–H and O–H groups in total. The minimum atomic E-state index is -0.345. The highest BCUT2D eigenvalue weighted by atomic mass is 16.5. The van der Waals surface area contributed by atoms with Crippen molar-refractivity contribution in [3.05, 3.63) is 29.8 Å². The number of methoxy groups -OCH3 is 1. The Morgan fingerprint density at radius 1 is 1.33 bits per heavy atom. The van der Waals surface area contributed by atoms with Crippen LogP contribution in [0.1, 0.15) is 38.7 Å². The van der Waals surface area contributed by atoms with Crippen molar-refractivity contribution in [2.24, 2.45) is 0 Å². The maximum absolute atomic E-state index is 12.9. The molecule has 1 aliphatic rings. The Morgan fingerprint density at radius 2 is 2.05 bits per heavy atom. The molecule has 4 nitrogen and oxygen atoms in total. The number of benzene rings is 1. The topological polar surface area (TPSA) is 41.6 Å². The summed E-state index contributed by atoms with van der Waals surface area (Å²) in [4.78, 5) is 14.8. The van der Waals surface area contributed by atoms with Gasteiger partial charge < -0.3 is 15.0 Å². The zero-order chi connectivity index (χ0) is 15.3. The number of nitrogens with zero attached hydrogens (tertiary/aromatic N) is 1. The second kappa shape index (κ2) is 6.94. The molecule has 0 bridgehead atoms.